The fourth-order valence-electron chi connectivity index (χ4n) is 4.76. The fourth-order valence-corrected chi connectivity index (χ4v) is 4.76. The lowest BCUT2D eigenvalue weighted by Gasteiger charge is -2.33. The van der Waals surface area contributed by atoms with Crippen molar-refractivity contribution in [1.29, 1.82) is 0 Å². The lowest BCUT2D eigenvalue weighted by Crippen LogP contribution is -2.40. The number of aromatic carboxylic acids is 2. The van der Waals surface area contributed by atoms with Gasteiger partial charge in [0.25, 0.3) is 0 Å². The van der Waals surface area contributed by atoms with Crippen molar-refractivity contribution >= 4 is 34.6 Å². The number of benzene rings is 3. The van der Waals surface area contributed by atoms with Crippen LogP contribution in [-0.2, 0) is 4.79 Å². The highest BCUT2D eigenvalue weighted by Crippen LogP contribution is 2.42. The Morgan fingerprint density at radius 3 is 2.15 bits per heavy atom. The van der Waals surface area contributed by atoms with Crippen LogP contribution >= 0.6 is 0 Å². The van der Waals surface area contributed by atoms with E-state index in [4.69, 9.17) is 14.3 Å². The molecule has 2 N–H and O–H groups in total. The highest BCUT2D eigenvalue weighted by molar-refractivity contribution is 6.09. The summed E-state index contributed by atoms with van der Waals surface area (Å²) in [4.78, 5) is 34.9. The van der Waals surface area contributed by atoms with Gasteiger partial charge >= 0.3 is 18.1 Å². The molecule has 0 saturated carbocycles. The summed E-state index contributed by atoms with van der Waals surface area (Å²) in [5, 5.41) is 30.4. The zero-order valence-electron chi connectivity index (χ0n) is 21.4. The number of hydrogen-bond acceptors (Lipinski definition) is 6. The number of nitrogens with zero attached hydrogens (tertiary/aromatic N) is 2. The molecule has 2 aromatic rings. The van der Waals surface area contributed by atoms with Crippen LogP contribution in [0.4, 0.5) is 18.9 Å². The van der Waals surface area contributed by atoms with Gasteiger partial charge in [-0.15, -0.1) is 0 Å². The molecular formula is C29H23F3N2O7. The van der Waals surface area contributed by atoms with Crippen molar-refractivity contribution in [1.82, 2.24) is 4.58 Å². The van der Waals surface area contributed by atoms with Crippen molar-refractivity contribution < 1.29 is 47.3 Å². The van der Waals surface area contributed by atoms with E-state index in [1.807, 2.05) is 36.4 Å². The maximum absolute atomic E-state index is 12.1. The molecule has 3 aliphatic heterocycles. The van der Waals surface area contributed by atoms with Crippen LogP contribution < -0.4 is 19.9 Å². The van der Waals surface area contributed by atoms with E-state index < -0.39 is 24.1 Å². The van der Waals surface area contributed by atoms with Gasteiger partial charge in [0.15, 0.2) is 0 Å². The number of carboxylic acid groups (broad SMARTS) is 3. The van der Waals surface area contributed by atoms with Gasteiger partial charge in [-0.05, 0) is 47.9 Å². The van der Waals surface area contributed by atoms with Crippen LogP contribution in [0.15, 0.2) is 59.0 Å². The number of rotatable bonds is 4. The van der Waals surface area contributed by atoms with E-state index in [0.29, 0.717) is 22.5 Å². The van der Waals surface area contributed by atoms with Gasteiger partial charge in [-0.1, -0.05) is 6.07 Å². The predicted molar refractivity (Wildman–Crippen MR) is 140 cm³/mol. The molecule has 0 aromatic heterocycles. The average Bonchev–Trinajstić information content (AvgIpc) is 2.84. The van der Waals surface area contributed by atoms with Crippen LogP contribution in [0.5, 0.6) is 0 Å². The van der Waals surface area contributed by atoms with E-state index in [1.165, 1.54) is 18.2 Å². The van der Waals surface area contributed by atoms with E-state index in [1.54, 1.807) is 0 Å². The molecule has 4 aliphatic rings. The summed E-state index contributed by atoms with van der Waals surface area (Å²) in [6.45, 7) is 3.95. The summed E-state index contributed by atoms with van der Waals surface area (Å²) in [5.74, 6) is -4.61. The minimum atomic E-state index is -5.08. The van der Waals surface area contributed by atoms with Gasteiger partial charge in [-0.3, -0.25) is 0 Å². The van der Waals surface area contributed by atoms with E-state index in [9.17, 15) is 33.0 Å². The van der Waals surface area contributed by atoms with Crippen LogP contribution in [0.1, 0.15) is 33.6 Å². The molecule has 2 saturated heterocycles. The molecule has 9 nitrogen and oxygen atoms in total. The van der Waals surface area contributed by atoms with Crippen LogP contribution in [0.3, 0.4) is 0 Å². The van der Waals surface area contributed by atoms with E-state index in [2.05, 4.69) is 9.48 Å². The third kappa shape index (κ3) is 5.45. The van der Waals surface area contributed by atoms with Gasteiger partial charge in [0.1, 0.15) is 24.4 Å². The van der Waals surface area contributed by atoms with E-state index >= 15 is 0 Å². The number of halogens is 3. The summed E-state index contributed by atoms with van der Waals surface area (Å²) in [7, 11) is 0. The Morgan fingerprint density at radius 2 is 1.61 bits per heavy atom. The van der Waals surface area contributed by atoms with Crippen LogP contribution in [0.25, 0.3) is 33.4 Å². The number of carbonyl (C=O) groups is 3. The molecule has 0 radical (unpaired) electrons. The molecule has 0 spiro atoms. The Kier molecular flexibility index (Phi) is 7.16. The molecule has 1 aliphatic carbocycles. The first kappa shape index (κ1) is 27.7. The molecule has 0 amide bonds. The SMILES string of the molecule is O=C(O)C(F)(F)F.O=C([O-])c1ccc(C(=O)O)c(-c2c3ccc(=[N+]4CCC4)cc-3oc3cc(N4CCC4)ccc23)c1. The summed E-state index contributed by atoms with van der Waals surface area (Å²) in [5.41, 5.74) is 3.33. The zero-order chi connectivity index (χ0) is 29.5. The summed E-state index contributed by atoms with van der Waals surface area (Å²) in [6.07, 6.45) is -2.79. The number of carbonyl (C=O) groups excluding carboxylic acids is 1. The second-order valence-corrected chi connectivity index (χ2v) is 9.68. The number of anilines is 1. The topological polar surface area (TPSA) is 134 Å². The number of aliphatic carboxylic acids is 1. The Morgan fingerprint density at radius 1 is 0.902 bits per heavy atom. The molecule has 0 atom stereocenters. The largest absolute Gasteiger partial charge is 0.545 e. The van der Waals surface area contributed by atoms with E-state index in [0.717, 1.165) is 61.0 Å². The van der Waals surface area contributed by atoms with E-state index in [-0.39, 0.29) is 11.1 Å². The van der Waals surface area contributed by atoms with Crippen molar-refractivity contribution in [2.24, 2.45) is 0 Å². The molecule has 3 heterocycles. The molecule has 41 heavy (non-hydrogen) atoms. The van der Waals surface area contributed by atoms with Crippen LogP contribution in [-0.4, -0.2) is 60.5 Å². The highest BCUT2D eigenvalue weighted by atomic mass is 19.4. The van der Waals surface area contributed by atoms with Crippen LogP contribution in [0, 0.1) is 0 Å². The lowest BCUT2D eigenvalue weighted by atomic mass is 9.89. The Balaban J connectivity index is 0.000000431. The summed E-state index contributed by atoms with van der Waals surface area (Å²) in [6, 6.07) is 15.8. The van der Waals surface area contributed by atoms with Crippen molar-refractivity contribution in [2.45, 2.75) is 19.0 Å². The molecule has 12 heteroatoms. The van der Waals surface area contributed by atoms with Gasteiger partial charge in [0.2, 0.25) is 5.36 Å². The summed E-state index contributed by atoms with van der Waals surface area (Å²) >= 11 is 0. The first-order valence-electron chi connectivity index (χ1n) is 12.7. The lowest BCUT2D eigenvalue weighted by molar-refractivity contribution is -0.255. The second-order valence-electron chi connectivity index (χ2n) is 9.68. The third-order valence-electron chi connectivity index (χ3n) is 7.13. The zero-order valence-corrected chi connectivity index (χ0v) is 21.4. The number of carboxylic acids is 3. The molecule has 6 rings (SSSR count). The Bertz CT molecular complexity index is 1730. The quantitative estimate of drug-likeness (QED) is 0.283. The normalized spacial score (nSPS) is 14.6. The Hall–Kier alpha value is -4.87. The maximum Gasteiger partial charge on any atom is 0.490 e. The standard InChI is InChI=1S/C27H22N2O5.C2HF3O2/c30-26(31)16-3-6-19(27(32)33)22(13-16)25-20-7-4-17(28-9-1-10-28)14-23(20)34-24-15-18(5-8-21(24)25)29-11-2-12-29;3-2(4,5)1(6)7/h3-8,13-15H,1-2,9-12H2,(H-,30,31,32,33);(H,6,7). The average molecular weight is 569 g/mol. The van der Waals surface area contributed by atoms with Gasteiger partial charge in [0.05, 0.1) is 24.0 Å². The molecule has 0 unspecified atom stereocenters. The molecule has 0 bridgehead atoms. The first-order chi connectivity index (χ1) is 19.4. The molecular weight excluding hydrogens is 545 g/mol. The van der Waals surface area contributed by atoms with Crippen molar-refractivity contribution in [3.05, 3.63) is 71.1 Å². The highest BCUT2D eigenvalue weighted by Gasteiger charge is 2.38. The molecule has 212 valence electrons. The van der Waals surface area contributed by atoms with Gasteiger partial charge in [-0.2, -0.15) is 13.2 Å². The summed E-state index contributed by atoms with van der Waals surface area (Å²) < 4.78 is 40.4. The minimum absolute atomic E-state index is 0.0254. The number of fused-ring (bicyclic) bond motifs is 2. The molecule has 2 aromatic carbocycles. The van der Waals surface area contributed by atoms with Crippen molar-refractivity contribution in [3.8, 4) is 22.5 Å². The monoisotopic (exact) mass is 568 g/mol. The molecule has 2 fully saturated rings. The third-order valence-corrected chi connectivity index (χ3v) is 7.13. The second kappa shape index (κ2) is 10.6. The smallest absolute Gasteiger partial charge is 0.490 e. The maximum atomic E-state index is 12.1. The number of alkyl halides is 3. The van der Waals surface area contributed by atoms with Gasteiger partial charge in [0, 0.05) is 47.4 Å². The van der Waals surface area contributed by atoms with Crippen molar-refractivity contribution in [3.63, 3.8) is 0 Å². The van der Waals surface area contributed by atoms with Crippen molar-refractivity contribution in [2.75, 3.05) is 31.1 Å². The van der Waals surface area contributed by atoms with Gasteiger partial charge < -0.3 is 29.4 Å². The first-order valence-corrected chi connectivity index (χ1v) is 12.7. The fraction of sp³-hybridized carbons (Fsp3) is 0.241. The predicted octanol–water partition coefficient (Wildman–Crippen LogP) is 3.29. The Labute approximate surface area is 230 Å². The van der Waals surface area contributed by atoms with Crippen LogP contribution in [0.2, 0.25) is 0 Å². The minimum Gasteiger partial charge on any atom is -0.545 e. The number of hydrogen-bond donors (Lipinski definition) is 2. The van der Waals surface area contributed by atoms with Gasteiger partial charge in [-0.25, -0.2) is 14.2 Å².